The molecule has 1 fully saturated rings. The SMILES string of the molecule is O=C(NCCNC(=O)C(c1ccccc1)c1ccccc1)c1nc(C2CCCCC2)no1. The molecule has 0 aliphatic heterocycles. The van der Waals surface area contributed by atoms with Crippen molar-refractivity contribution in [1.82, 2.24) is 20.8 Å². The molecular weight excluding hydrogens is 404 g/mol. The van der Waals surface area contributed by atoms with Crippen molar-refractivity contribution in [2.24, 2.45) is 0 Å². The normalized spacial score (nSPS) is 14.3. The van der Waals surface area contributed by atoms with Crippen LogP contribution in [-0.4, -0.2) is 35.0 Å². The highest BCUT2D eigenvalue weighted by Crippen LogP contribution is 2.30. The van der Waals surface area contributed by atoms with Crippen LogP contribution in [0.2, 0.25) is 0 Å². The second-order valence-corrected chi connectivity index (χ2v) is 8.09. The van der Waals surface area contributed by atoms with Crippen LogP contribution in [0.5, 0.6) is 0 Å². The average molecular weight is 433 g/mol. The fraction of sp³-hybridized carbons (Fsp3) is 0.360. The number of rotatable bonds is 8. The molecule has 0 radical (unpaired) electrons. The van der Waals surface area contributed by atoms with Gasteiger partial charge in [-0.3, -0.25) is 9.59 Å². The monoisotopic (exact) mass is 432 g/mol. The molecule has 32 heavy (non-hydrogen) atoms. The first-order valence-corrected chi connectivity index (χ1v) is 11.2. The predicted molar refractivity (Wildman–Crippen MR) is 120 cm³/mol. The lowest BCUT2D eigenvalue weighted by atomic mass is 9.89. The van der Waals surface area contributed by atoms with E-state index in [0.717, 1.165) is 36.8 Å². The summed E-state index contributed by atoms with van der Waals surface area (Å²) >= 11 is 0. The molecule has 1 saturated carbocycles. The summed E-state index contributed by atoms with van der Waals surface area (Å²) in [5.74, 6) is -0.0751. The number of benzene rings is 2. The van der Waals surface area contributed by atoms with Crippen LogP contribution in [0.4, 0.5) is 0 Å². The summed E-state index contributed by atoms with van der Waals surface area (Å²) in [7, 11) is 0. The quantitative estimate of drug-likeness (QED) is 0.528. The molecule has 1 heterocycles. The van der Waals surface area contributed by atoms with Crippen molar-refractivity contribution >= 4 is 11.8 Å². The molecule has 0 bridgehead atoms. The molecule has 4 rings (SSSR count). The molecule has 0 saturated heterocycles. The minimum atomic E-state index is -0.420. The Morgan fingerprint density at radius 2 is 1.47 bits per heavy atom. The largest absolute Gasteiger partial charge is 0.354 e. The van der Waals surface area contributed by atoms with E-state index in [2.05, 4.69) is 20.8 Å². The van der Waals surface area contributed by atoms with Crippen LogP contribution in [0.3, 0.4) is 0 Å². The molecule has 2 amide bonds. The molecule has 1 aromatic heterocycles. The van der Waals surface area contributed by atoms with Crippen molar-refractivity contribution < 1.29 is 14.1 Å². The van der Waals surface area contributed by atoms with Gasteiger partial charge in [-0.1, -0.05) is 85.1 Å². The van der Waals surface area contributed by atoms with E-state index in [-0.39, 0.29) is 24.3 Å². The molecule has 1 aliphatic carbocycles. The lowest BCUT2D eigenvalue weighted by Crippen LogP contribution is -2.37. The van der Waals surface area contributed by atoms with E-state index in [1.54, 1.807) is 0 Å². The fourth-order valence-electron chi connectivity index (χ4n) is 4.18. The maximum absolute atomic E-state index is 13.0. The molecule has 0 atom stereocenters. The maximum Gasteiger partial charge on any atom is 0.315 e. The first-order valence-electron chi connectivity index (χ1n) is 11.2. The molecule has 2 aromatic carbocycles. The van der Waals surface area contributed by atoms with Crippen LogP contribution in [-0.2, 0) is 4.79 Å². The Kier molecular flexibility index (Phi) is 7.27. The van der Waals surface area contributed by atoms with Crippen molar-refractivity contribution in [2.75, 3.05) is 13.1 Å². The van der Waals surface area contributed by atoms with E-state index in [1.165, 1.54) is 6.42 Å². The number of hydrogen-bond acceptors (Lipinski definition) is 5. The molecule has 7 heteroatoms. The predicted octanol–water partition coefficient (Wildman–Crippen LogP) is 3.80. The molecule has 2 N–H and O–H groups in total. The van der Waals surface area contributed by atoms with E-state index in [4.69, 9.17) is 4.52 Å². The van der Waals surface area contributed by atoms with E-state index < -0.39 is 11.8 Å². The third-order valence-electron chi connectivity index (χ3n) is 5.84. The van der Waals surface area contributed by atoms with Gasteiger partial charge < -0.3 is 15.2 Å². The van der Waals surface area contributed by atoms with E-state index in [9.17, 15) is 9.59 Å². The molecular formula is C25H28N4O3. The Morgan fingerprint density at radius 3 is 2.09 bits per heavy atom. The summed E-state index contributed by atoms with van der Waals surface area (Å²) in [5.41, 5.74) is 1.84. The van der Waals surface area contributed by atoms with E-state index in [0.29, 0.717) is 12.4 Å². The zero-order chi connectivity index (χ0) is 22.2. The Labute approximate surface area is 187 Å². The van der Waals surface area contributed by atoms with Crippen molar-refractivity contribution in [1.29, 1.82) is 0 Å². The average Bonchev–Trinajstić information content (AvgIpc) is 3.34. The van der Waals surface area contributed by atoms with Gasteiger partial charge in [0.05, 0.1) is 5.92 Å². The van der Waals surface area contributed by atoms with Crippen LogP contribution in [0, 0.1) is 0 Å². The minimum absolute atomic E-state index is 0.0247. The second kappa shape index (κ2) is 10.7. The van der Waals surface area contributed by atoms with Gasteiger partial charge in [0.15, 0.2) is 5.82 Å². The molecule has 0 unspecified atom stereocenters. The summed E-state index contributed by atoms with van der Waals surface area (Å²) in [6.45, 7) is 0.562. The van der Waals surface area contributed by atoms with Crippen LogP contribution in [0.25, 0.3) is 0 Å². The molecule has 166 valence electrons. The van der Waals surface area contributed by atoms with Crippen LogP contribution in [0.1, 0.15) is 71.6 Å². The number of nitrogens with zero attached hydrogens (tertiary/aromatic N) is 2. The summed E-state index contributed by atoms with van der Waals surface area (Å²) < 4.78 is 5.15. The highest BCUT2D eigenvalue weighted by atomic mass is 16.5. The lowest BCUT2D eigenvalue weighted by molar-refractivity contribution is -0.121. The summed E-state index contributed by atoms with van der Waals surface area (Å²) in [6, 6.07) is 19.3. The Balaban J connectivity index is 1.30. The third-order valence-corrected chi connectivity index (χ3v) is 5.84. The van der Waals surface area contributed by atoms with Gasteiger partial charge in [0, 0.05) is 19.0 Å². The summed E-state index contributed by atoms with van der Waals surface area (Å²) in [6.07, 6.45) is 5.64. The Morgan fingerprint density at radius 1 is 0.875 bits per heavy atom. The van der Waals surface area contributed by atoms with Crippen molar-refractivity contribution in [2.45, 2.75) is 43.9 Å². The van der Waals surface area contributed by atoms with Crippen LogP contribution in [0.15, 0.2) is 65.2 Å². The van der Waals surface area contributed by atoms with Crippen LogP contribution < -0.4 is 10.6 Å². The van der Waals surface area contributed by atoms with Gasteiger partial charge in [-0.05, 0) is 24.0 Å². The number of aromatic nitrogens is 2. The van der Waals surface area contributed by atoms with Crippen molar-refractivity contribution in [3.63, 3.8) is 0 Å². The zero-order valence-corrected chi connectivity index (χ0v) is 18.0. The first kappa shape index (κ1) is 21.7. The molecule has 0 spiro atoms. The smallest absolute Gasteiger partial charge is 0.315 e. The second-order valence-electron chi connectivity index (χ2n) is 8.09. The topological polar surface area (TPSA) is 97.1 Å². The van der Waals surface area contributed by atoms with Gasteiger partial charge in [0.2, 0.25) is 5.91 Å². The number of nitrogens with one attached hydrogen (secondary N) is 2. The van der Waals surface area contributed by atoms with Gasteiger partial charge in [-0.2, -0.15) is 4.98 Å². The van der Waals surface area contributed by atoms with E-state index >= 15 is 0 Å². The Bertz CT molecular complexity index is 974. The highest BCUT2D eigenvalue weighted by Gasteiger charge is 2.24. The summed E-state index contributed by atoms with van der Waals surface area (Å²) in [5, 5.41) is 9.65. The highest BCUT2D eigenvalue weighted by molar-refractivity contribution is 5.89. The van der Waals surface area contributed by atoms with Gasteiger partial charge in [-0.25, -0.2) is 0 Å². The van der Waals surface area contributed by atoms with Gasteiger partial charge in [-0.15, -0.1) is 0 Å². The standard InChI is InChI=1S/C25H28N4O3/c30-23(21(18-10-4-1-5-11-18)19-12-6-2-7-13-19)26-16-17-27-24(31)25-28-22(29-32-25)20-14-8-3-9-15-20/h1-2,4-7,10-13,20-21H,3,8-9,14-17H2,(H,26,30)(H,27,31). The number of hydrogen-bond donors (Lipinski definition) is 2. The lowest BCUT2D eigenvalue weighted by Gasteiger charge is -2.18. The number of carbonyl (C=O) groups excluding carboxylic acids is 2. The minimum Gasteiger partial charge on any atom is -0.354 e. The first-order chi connectivity index (χ1) is 15.7. The van der Waals surface area contributed by atoms with Crippen LogP contribution >= 0.6 is 0 Å². The third kappa shape index (κ3) is 5.41. The van der Waals surface area contributed by atoms with E-state index in [1.807, 2.05) is 60.7 Å². The molecule has 1 aliphatic rings. The number of amides is 2. The van der Waals surface area contributed by atoms with Crippen molar-refractivity contribution in [3.8, 4) is 0 Å². The Hall–Kier alpha value is -3.48. The number of carbonyl (C=O) groups is 2. The summed E-state index contributed by atoms with van der Waals surface area (Å²) in [4.78, 5) is 29.6. The zero-order valence-electron chi connectivity index (χ0n) is 18.0. The van der Waals surface area contributed by atoms with Gasteiger partial charge in [0.25, 0.3) is 0 Å². The molecule has 7 nitrogen and oxygen atoms in total. The van der Waals surface area contributed by atoms with Crippen molar-refractivity contribution in [3.05, 3.63) is 83.5 Å². The molecule has 3 aromatic rings. The van der Waals surface area contributed by atoms with Gasteiger partial charge >= 0.3 is 11.8 Å². The fourth-order valence-corrected chi connectivity index (χ4v) is 4.18. The maximum atomic E-state index is 13.0. The van der Waals surface area contributed by atoms with Gasteiger partial charge in [0.1, 0.15) is 0 Å².